The maximum Gasteiger partial charge on any atom is 0.127 e. The second-order valence-corrected chi connectivity index (χ2v) is 3.94. The molecule has 17 heavy (non-hydrogen) atoms. The van der Waals surface area contributed by atoms with Crippen LogP contribution in [0.2, 0.25) is 0 Å². The van der Waals surface area contributed by atoms with Crippen molar-refractivity contribution in [3.8, 4) is 0 Å². The SMILES string of the molecule is CCC(NCc1cnc[nH]1)c1ccccc1F. The van der Waals surface area contributed by atoms with Gasteiger partial charge >= 0.3 is 0 Å². The first kappa shape index (κ1) is 11.8. The van der Waals surface area contributed by atoms with Gasteiger partial charge in [-0.05, 0) is 12.5 Å². The minimum atomic E-state index is -0.156. The molecule has 0 aliphatic carbocycles. The quantitative estimate of drug-likeness (QED) is 0.833. The molecule has 90 valence electrons. The maximum absolute atomic E-state index is 13.6. The smallest absolute Gasteiger partial charge is 0.127 e. The van der Waals surface area contributed by atoms with Crippen molar-refractivity contribution in [3.05, 3.63) is 53.9 Å². The van der Waals surface area contributed by atoms with E-state index in [1.165, 1.54) is 6.07 Å². The molecule has 2 rings (SSSR count). The van der Waals surface area contributed by atoms with Crippen molar-refractivity contribution in [3.63, 3.8) is 0 Å². The van der Waals surface area contributed by atoms with Crippen molar-refractivity contribution in [2.45, 2.75) is 25.9 Å². The number of aromatic amines is 1. The molecule has 3 nitrogen and oxygen atoms in total. The Kier molecular flexibility index (Phi) is 3.88. The van der Waals surface area contributed by atoms with Crippen LogP contribution < -0.4 is 5.32 Å². The molecule has 0 saturated carbocycles. The van der Waals surface area contributed by atoms with Crippen molar-refractivity contribution in [2.24, 2.45) is 0 Å². The third kappa shape index (κ3) is 2.91. The highest BCUT2D eigenvalue weighted by Crippen LogP contribution is 2.19. The fourth-order valence-electron chi connectivity index (χ4n) is 1.85. The van der Waals surface area contributed by atoms with E-state index in [0.29, 0.717) is 6.54 Å². The number of halogens is 1. The highest BCUT2D eigenvalue weighted by atomic mass is 19.1. The van der Waals surface area contributed by atoms with Gasteiger partial charge in [-0.25, -0.2) is 9.37 Å². The topological polar surface area (TPSA) is 40.7 Å². The van der Waals surface area contributed by atoms with Crippen LogP contribution in [0.25, 0.3) is 0 Å². The molecule has 1 atom stereocenters. The maximum atomic E-state index is 13.6. The Morgan fingerprint density at radius 1 is 1.41 bits per heavy atom. The summed E-state index contributed by atoms with van der Waals surface area (Å²) >= 11 is 0. The molecule has 1 unspecified atom stereocenters. The molecule has 0 fully saturated rings. The van der Waals surface area contributed by atoms with Gasteiger partial charge < -0.3 is 10.3 Å². The zero-order valence-electron chi connectivity index (χ0n) is 9.78. The van der Waals surface area contributed by atoms with Crippen LogP contribution in [0.1, 0.15) is 30.6 Å². The van der Waals surface area contributed by atoms with Gasteiger partial charge in [0.2, 0.25) is 0 Å². The van der Waals surface area contributed by atoms with Crippen LogP contribution in [-0.2, 0) is 6.54 Å². The number of rotatable bonds is 5. The third-order valence-corrected chi connectivity index (χ3v) is 2.78. The van der Waals surface area contributed by atoms with Crippen LogP contribution in [0, 0.1) is 5.82 Å². The molecule has 0 radical (unpaired) electrons. The number of hydrogen-bond acceptors (Lipinski definition) is 2. The number of benzene rings is 1. The van der Waals surface area contributed by atoms with Gasteiger partial charge in [0, 0.05) is 30.0 Å². The van der Waals surface area contributed by atoms with Crippen LogP contribution in [0.4, 0.5) is 4.39 Å². The summed E-state index contributed by atoms with van der Waals surface area (Å²) in [5, 5.41) is 3.32. The predicted molar refractivity (Wildman–Crippen MR) is 64.9 cm³/mol. The van der Waals surface area contributed by atoms with Crippen molar-refractivity contribution in [1.82, 2.24) is 15.3 Å². The highest BCUT2D eigenvalue weighted by molar-refractivity contribution is 5.21. The Balaban J connectivity index is 2.04. The first-order valence-electron chi connectivity index (χ1n) is 5.76. The Morgan fingerprint density at radius 3 is 2.88 bits per heavy atom. The average molecular weight is 233 g/mol. The fourth-order valence-corrected chi connectivity index (χ4v) is 1.85. The summed E-state index contributed by atoms with van der Waals surface area (Å²) in [7, 11) is 0. The van der Waals surface area contributed by atoms with Gasteiger partial charge in [-0.15, -0.1) is 0 Å². The number of nitrogens with one attached hydrogen (secondary N) is 2. The first-order valence-corrected chi connectivity index (χ1v) is 5.76. The van der Waals surface area contributed by atoms with E-state index in [0.717, 1.165) is 17.7 Å². The summed E-state index contributed by atoms with van der Waals surface area (Å²) in [5.41, 5.74) is 1.72. The van der Waals surface area contributed by atoms with E-state index in [1.54, 1.807) is 18.6 Å². The average Bonchev–Trinajstić information content (AvgIpc) is 2.85. The van der Waals surface area contributed by atoms with Crippen LogP contribution in [0.5, 0.6) is 0 Å². The summed E-state index contributed by atoms with van der Waals surface area (Å²) in [6.45, 7) is 2.70. The number of nitrogens with zero attached hydrogens (tertiary/aromatic N) is 1. The fraction of sp³-hybridized carbons (Fsp3) is 0.308. The van der Waals surface area contributed by atoms with E-state index < -0.39 is 0 Å². The van der Waals surface area contributed by atoms with Gasteiger partial charge in [-0.3, -0.25) is 0 Å². The molecule has 0 amide bonds. The third-order valence-electron chi connectivity index (χ3n) is 2.78. The van der Waals surface area contributed by atoms with Crippen LogP contribution >= 0.6 is 0 Å². The van der Waals surface area contributed by atoms with Gasteiger partial charge in [-0.2, -0.15) is 0 Å². The Hall–Kier alpha value is -1.68. The molecule has 2 aromatic rings. The molecule has 0 bridgehead atoms. The van der Waals surface area contributed by atoms with E-state index in [4.69, 9.17) is 0 Å². The molecule has 1 aromatic carbocycles. The summed E-state index contributed by atoms with van der Waals surface area (Å²) in [4.78, 5) is 6.96. The van der Waals surface area contributed by atoms with Gasteiger partial charge in [-0.1, -0.05) is 25.1 Å². The Bertz CT molecular complexity index is 453. The minimum Gasteiger partial charge on any atom is -0.347 e. The van der Waals surface area contributed by atoms with Gasteiger partial charge in [0.25, 0.3) is 0 Å². The Morgan fingerprint density at radius 2 is 2.24 bits per heavy atom. The number of hydrogen-bond donors (Lipinski definition) is 2. The molecule has 0 saturated heterocycles. The van der Waals surface area contributed by atoms with Crippen molar-refractivity contribution < 1.29 is 4.39 Å². The lowest BCUT2D eigenvalue weighted by molar-refractivity contribution is 0.485. The molecular weight excluding hydrogens is 217 g/mol. The molecule has 1 aromatic heterocycles. The highest BCUT2D eigenvalue weighted by Gasteiger charge is 2.12. The summed E-state index contributed by atoms with van der Waals surface area (Å²) in [6, 6.07) is 6.91. The molecule has 2 N–H and O–H groups in total. The first-order chi connectivity index (χ1) is 8.31. The van der Waals surface area contributed by atoms with Gasteiger partial charge in [0.15, 0.2) is 0 Å². The van der Waals surface area contributed by atoms with E-state index in [2.05, 4.69) is 15.3 Å². The van der Waals surface area contributed by atoms with Crippen molar-refractivity contribution in [2.75, 3.05) is 0 Å². The second kappa shape index (κ2) is 5.59. The van der Waals surface area contributed by atoms with E-state index >= 15 is 0 Å². The van der Waals surface area contributed by atoms with Crippen molar-refractivity contribution in [1.29, 1.82) is 0 Å². The second-order valence-electron chi connectivity index (χ2n) is 3.94. The monoisotopic (exact) mass is 233 g/mol. The van der Waals surface area contributed by atoms with Crippen molar-refractivity contribution >= 4 is 0 Å². The zero-order valence-corrected chi connectivity index (χ0v) is 9.78. The zero-order chi connectivity index (χ0) is 12.1. The van der Waals surface area contributed by atoms with Crippen LogP contribution in [-0.4, -0.2) is 9.97 Å². The van der Waals surface area contributed by atoms with Gasteiger partial charge in [0.05, 0.1) is 6.33 Å². The molecule has 4 heteroatoms. The van der Waals surface area contributed by atoms with Crippen LogP contribution in [0.3, 0.4) is 0 Å². The van der Waals surface area contributed by atoms with E-state index in [-0.39, 0.29) is 11.9 Å². The Labute approximate surface area is 100 Å². The molecule has 0 aliphatic heterocycles. The molecular formula is C13H16FN3. The number of imidazole rings is 1. The van der Waals surface area contributed by atoms with Gasteiger partial charge in [0.1, 0.15) is 5.82 Å². The minimum absolute atomic E-state index is 0.0273. The number of aromatic nitrogens is 2. The molecule has 0 aliphatic rings. The normalized spacial score (nSPS) is 12.6. The lowest BCUT2D eigenvalue weighted by Crippen LogP contribution is -2.21. The summed E-state index contributed by atoms with van der Waals surface area (Å²) < 4.78 is 13.6. The summed E-state index contributed by atoms with van der Waals surface area (Å²) in [5.74, 6) is -0.156. The predicted octanol–water partition coefficient (Wildman–Crippen LogP) is 2.79. The molecule has 1 heterocycles. The molecule has 0 spiro atoms. The largest absolute Gasteiger partial charge is 0.347 e. The standard InChI is InChI=1S/C13H16FN3/c1-2-13(11-5-3-4-6-12(11)14)16-8-10-7-15-9-17-10/h3-7,9,13,16H,2,8H2,1H3,(H,15,17). The lowest BCUT2D eigenvalue weighted by Gasteiger charge is -2.17. The number of H-pyrrole nitrogens is 1. The van der Waals surface area contributed by atoms with E-state index in [9.17, 15) is 4.39 Å². The van der Waals surface area contributed by atoms with Crippen LogP contribution in [0.15, 0.2) is 36.8 Å². The summed E-state index contributed by atoms with van der Waals surface area (Å²) in [6.07, 6.45) is 4.25. The lowest BCUT2D eigenvalue weighted by atomic mass is 10.0. The van der Waals surface area contributed by atoms with E-state index in [1.807, 2.05) is 19.1 Å².